The van der Waals surface area contributed by atoms with Crippen molar-refractivity contribution >= 4 is 33.3 Å². The van der Waals surface area contributed by atoms with Crippen LogP contribution >= 0.6 is 15.9 Å². The highest BCUT2D eigenvalue weighted by Crippen LogP contribution is 2.26. The number of nitrogen functional groups attached to an aromatic ring is 1. The van der Waals surface area contributed by atoms with E-state index < -0.39 is 0 Å². The van der Waals surface area contributed by atoms with Crippen LogP contribution in [-0.2, 0) is 0 Å². The van der Waals surface area contributed by atoms with Gasteiger partial charge in [-0.15, -0.1) is 10.2 Å². The highest BCUT2D eigenvalue weighted by atomic mass is 79.9. The van der Waals surface area contributed by atoms with Crippen molar-refractivity contribution in [3.05, 3.63) is 34.8 Å². The van der Waals surface area contributed by atoms with Crippen LogP contribution in [0.4, 0.5) is 17.3 Å². The molecule has 0 aliphatic carbocycles. The molecule has 0 bridgehead atoms. The van der Waals surface area contributed by atoms with Crippen LogP contribution in [0.25, 0.3) is 0 Å². The third kappa shape index (κ3) is 3.07. The van der Waals surface area contributed by atoms with Crippen LogP contribution in [0.2, 0.25) is 0 Å². The first kappa shape index (κ1) is 11.7. The largest absolute Gasteiger partial charge is 0.497 e. The minimum Gasteiger partial charge on any atom is -0.497 e. The van der Waals surface area contributed by atoms with Gasteiger partial charge in [-0.3, -0.25) is 0 Å². The first-order chi connectivity index (χ1) is 8.17. The predicted octanol–water partition coefficient (Wildman–Crippen LogP) is 2.57. The first-order valence-corrected chi connectivity index (χ1v) is 5.67. The van der Waals surface area contributed by atoms with E-state index in [1.807, 2.05) is 18.2 Å². The Kier molecular flexibility index (Phi) is 3.43. The summed E-state index contributed by atoms with van der Waals surface area (Å²) in [5, 5.41) is 10.8. The molecule has 5 nitrogen and oxygen atoms in total. The van der Waals surface area contributed by atoms with Crippen LogP contribution in [0.15, 0.2) is 34.8 Å². The van der Waals surface area contributed by atoms with E-state index >= 15 is 0 Å². The van der Waals surface area contributed by atoms with Gasteiger partial charge in [0.1, 0.15) is 11.6 Å². The number of rotatable bonds is 3. The van der Waals surface area contributed by atoms with Crippen molar-refractivity contribution in [3.63, 3.8) is 0 Å². The third-order valence-corrected chi connectivity index (χ3v) is 2.52. The Balaban J connectivity index is 2.23. The van der Waals surface area contributed by atoms with Crippen molar-refractivity contribution in [1.29, 1.82) is 0 Å². The van der Waals surface area contributed by atoms with E-state index in [-0.39, 0.29) is 0 Å². The number of ether oxygens (including phenoxy) is 1. The summed E-state index contributed by atoms with van der Waals surface area (Å²) in [6.07, 6.45) is 0. The zero-order chi connectivity index (χ0) is 12.3. The molecular formula is C11H11BrN4O. The Labute approximate surface area is 107 Å². The maximum Gasteiger partial charge on any atom is 0.153 e. The number of aromatic nitrogens is 2. The van der Waals surface area contributed by atoms with Gasteiger partial charge in [-0.05, 0) is 24.3 Å². The summed E-state index contributed by atoms with van der Waals surface area (Å²) in [4.78, 5) is 0. The van der Waals surface area contributed by atoms with E-state index in [1.54, 1.807) is 19.2 Å². The SMILES string of the molecule is COc1cc(Br)cc(Nc2ccc(N)nn2)c1. The second-order valence-electron chi connectivity index (χ2n) is 3.35. The molecule has 1 heterocycles. The maximum absolute atomic E-state index is 5.46. The van der Waals surface area contributed by atoms with Crippen LogP contribution < -0.4 is 15.8 Å². The number of halogens is 1. The minimum atomic E-state index is 0.391. The Bertz CT molecular complexity index is 515. The van der Waals surface area contributed by atoms with Gasteiger partial charge >= 0.3 is 0 Å². The fourth-order valence-electron chi connectivity index (χ4n) is 1.31. The van der Waals surface area contributed by atoms with Gasteiger partial charge < -0.3 is 15.8 Å². The lowest BCUT2D eigenvalue weighted by Gasteiger charge is -2.08. The van der Waals surface area contributed by atoms with Gasteiger partial charge in [0.15, 0.2) is 5.82 Å². The van der Waals surface area contributed by atoms with E-state index in [2.05, 4.69) is 31.4 Å². The van der Waals surface area contributed by atoms with E-state index in [0.717, 1.165) is 15.9 Å². The fourth-order valence-corrected chi connectivity index (χ4v) is 1.78. The van der Waals surface area contributed by atoms with E-state index in [9.17, 15) is 0 Å². The molecule has 0 saturated heterocycles. The van der Waals surface area contributed by atoms with Gasteiger partial charge in [0, 0.05) is 16.2 Å². The Morgan fingerprint density at radius 2 is 2.06 bits per heavy atom. The molecule has 6 heteroatoms. The Hall–Kier alpha value is -1.82. The Morgan fingerprint density at radius 1 is 1.24 bits per heavy atom. The second kappa shape index (κ2) is 5.01. The van der Waals surface area contributed by atoms with E-state index in [4.69, 9.17) is 10.5 Å². The fraction of sp³-hybridized carbons (Fsp3) is 0.0909. The number of hydrogen-bond acceptors (Lipinski definition) is 5. The average molecular weight is 295 g/mol. The van der Waals surface area contributed by atoms with Crippen molar-refractivity contribution < 1.29 is 4.74 Å². The lowest BCUT2D eigenvalue weighted by Crippen LogP contribution is -1.98. The van der Waals surface area contributed by atoms with Crippen LogP contribution in [0, 0.1) is 0 Å². The summed E-state index contributed by atoms with van der Waals surface area (Å²) in [6, 6.07) is 9.10. The van der Waals surface area contributed by atoms with Gasteiger partial charge in [-0.25, -0.2) is 0 Å². The van der Waals surface area contributed by atoms with Crippen molar-refractivity contribution in [2.45, 2.75) is 0 Å². The molecule has 0 fully saturated rings. The molecule has 0 amide bonds. The smallest absolute Gasteiger partial charge is 0.153 e. The van der Waals surface area contributed by atoms with E-state index in [1.165, 1.54) is 0 Å². The molecule has 3 N–H and O–H groups in total. The topological polar surface area (TPSA) is 73.1 Å². The number of benzene rings is 1. The quantitative estimate of drug-likeness (QED) is 0.910. The minimum absolute atomic E-state index is 0.391. The van der Waals surface area contributed by atoms with Gasteiger partial charge in [0.2, 0.25) is 0 Å². The van der Waals surface area contributed by atoms with Crippen molar-refractivity contribution in [3.8, 4) is 5.75 Å². The normalized spacial score (nSPS) is 10.0. The van der Waals surface area contributed by atoms with E-state index in [0.29, 0.717) is 11.6 Å². The molecule has 1 aromatic carbocycles. The Morgan fingerprint density at radius 3 is 2.71 bits per heavy atom. The molecule has 0 unspecified atom stereocenters. The van der Waals surface area contributed by atoms with Gasteiger partial charge in [0.25, 0.3) is 0 Å². The monoisotopic (exact) mass is 294 g/mol. The van der Waals surface area contributed by atoms with Crippen LogP contribution in [0.5, 0.6) is 5.75 Å². The predicted molar refractivity (Wildman–Crippen MR) is 70.4 cm³/mol. The van der Waals surface area contributed by atoms with Gasteiger partial charge in [0.05, 0.1) is 7.11 Å². The molecule has 2 aromatic rings. The summed E-state index contributed by atoms with van der Waals surface area (Å²) < 4.78 is 6.09. The van der Waals surface area contributed by atoms with Gasteiger partial charge in [-0.1, -0.05) is 15.9 Å². The van der Waals surface area contributed by atoms with Crippen molar-refractivity contribution in [1.82, 2.24) is 10.2 Å². The number of hydrogen-bond donors (Lipinski definition) is 2. The molecule has 2 rings (SSSR count). The third-order valence-electron chi connectivity index (χ3n) is 2.06. The molecule has 0 radical (unpaired) electrons. The van der Waals surface area contributed by atoms with Gasteiger partial charge in [-0.2, -0.15) is 0 Å². The zero-order valence-corrected chi connectivity index (χ0v) is 10.7. The maximum atomic E-state index is 5.46. The van der Waals surface area contributed by atoms with Crippen LogP contribution in [0.1, 0.15) is 0 Å². The van der Waals surface area contributed by atoms with Crippen LogP contribution in [-0.4, -0.2) is 17.3 Å². The molecule has 0 atom stereocenters. The lowest BCUT2D eigenvalue weighted by molar-refractivity contribution is 0.415. The number of nitrogens with zero attached hydrogens (tertiary/aromatic N) is 2. The molecule has 0 spiro atoms. The summed E-state index contributed by atoms with van der Waals surface area (Å²) in [7, 11) is 1.62. The standard InChI is InChI=1S/C11H11BrN4O/c1-17-9-5-7(12)4-8(6-9)14-11-3-2-10(13)15-16-11/h2-6H,1H3,(H2,13,15)(H,14,16). The molecule has 1 aromatic heterocycles. The highest BCUT2D eigenvalue weighted by Gasteiger charge is 2.01. The van der Waals surface area contributed by atoms with Crippen molar-refractivity contribution in [2.75, 3.05) is 18.2 Å². The second-order valence-corrected chi connectivity index (χ2v) is 4.26. The van der Waals surface area contributed by atoms with Crippen LogP contribution in [0.3, 0.4) is 0 Å². The molecule has 0 saturated carbocycles. The number of nitrogens with two attached hydrogens (primary N) is 1. The highest BCUT2D eigenvalue weighted by molar-refractivity contribution is 9.10. The number of methoxy groups -OCH3 is 1. The summed E-state index contributed by atoms with van der Waals surface area (Å²) >= 11 is 3.40. The summed E-state index contributed by atoms with van der Waals surface area (Å²) in [5.41, 5.74) is 6.32. The molecule has 0 aliphatic heterocycles. The van der Waals surface area contributed by atoms with Crippen molar-refractivity contribution in [2.24, 2.45) is 0 Å². The summed E-state index contributed by atoms with van der Waals surface area (Å²) in [6.45, 7) is 0. The average Bonchev–Trinajstić information content (AvgIpc) is 2.31. The zero-order valence-electron chi connectivity index (χ0n) is 9.14. The number of anilines is 3. The number of nitrogens with one attached hydrogen (secondary N) is 1. The summed E-state index contributed by atoms with van der Waals surface area (Å²) in [5.74, 6) is 1.77. The molecular weight excluding hydrogens is 284 g/mol. The first-order valence-electron chi connectivity index (χ1n) is 4.88. The molecule has 88 valence electrons. The molecule has 17 heavy (non-hydrogen) atoms. The lowest BCUT2D eigenvalue weighted by atomic mass is 10.3. The molecule has 0 aliphatic rings.